The summed E-state index contributed by atoms with van der Waals surface area (Å²) in [5, 5.41) is 3.19. The number of carbonyl (C=O) groups excluding carboxylic acids is 2. The zero-order valence-electron chi connectivity index (χ0n) is 17.7. The van der Waals surface area contributed by atoms with Crippen molar-refractivity contribution in [3.63, 3.8) is 0 Å². The highest BCUT2D eigenvalue weighted by atomic mass is 32.2. The van der Waals surface area contributed by atoms with Crippen molar-refractivity contribution in [1.29, 1.82) is 0 Å². The topological polar surface area (TPSA) is 127 Å². The highest BCUT2D eigenvalue weighted by molar-refractivity contribution is 8.01. The number of hydrogen-bond donors (Lipinski definition) is 3. The number of nitrogens with two attached hydrogens (primary N) is 1. The maximum absolute atomic E-state index is 12.9. The number of methoxy groups -OCH3 is 1. The molecule has 0 aliphatic carbocycles. The number of aromatic amines is 1. The molecule has 1 amide bonds. The normalized spacial score (nSPS) is 11.8. The number of H-pyrrole nitrogens is 1. The smallest absolute Gasteiger partial charge is 0.333 e. The number of aromatic nitrogens is 2. The van der Waals surface area contributed by atoms with Gasteiger partial charge in [0.05, 0.1) is 27.1 Å². The van der Waals surface area contributed by atoms with Gasteiger partial charge < -0.3 is 15.8 Å². The molecule has 0 saturated carbocycles. The predicted octanol–water partition coefficient (Wildman–Crippen LogP) is 3.67. The molecule has 0 fully saturated rings. The van der Waals surface area contributed by atoms with Gasteiger partial charge in [0.2, 0.25) is 5.95 Å². The van der Waals surface area contributed by atoms with E-state index in [1.807, 2.05) is 19.1 Å². The van der Waals surface area contributed by atoms with E-state index in [2.05, 4.69) is 15.3 Å². The first-order valence-corrected chi connectivity index (χ1v) is 11.5. The molecule has 0 aliphatic heterocycles. The molecule has 2 aromatic carbocycles. The molecule has 2 aromatic heterocycles. The van der Waals surface area contributed by atoms with E-state index in [0.29, 0.717) is 21.3 Å². The lowest BCUT2D eigenvalue weighted by Gasteiger charge is -2.16. The van der Waals surface area contributed by atoms with E-state index >= 15 is 0 Å². The first-order valence-electron chi connectivity index (χ1n) is 9.88. The van der Waals surface area contributed by atoms with Crippen LogP contribution in [0.2, 0.25) is 0 Å². The molecule has 2 heterocycles. The molecule has 4 N–H and O–H groups in total. The number of thiophene rings is 1. The van der Waals surface area contributed by atoms with Gasteiger partial charge in [-0.3, -0.25) is 14.6 Å². The van der Waals surface area contributed by atoms with Crippen LogP contribution in [0.3, 0.4) is 0 Å². The third-order valence-electron chi connectivity index (χ3n) is 4.90. The molecule has 0 saturated heterocycles. The summed E-state index contributed by atoms with van der Waals surface area (Å²) in [6.45, 7) is 1.90. The highest BCUT2D eigenvalue weighted by Gasteiger charge is 2.25. The Hall–Kier alpha value is -3.63. The van der Waals surface area contributed by atoms with Crippen LogP contribution in [0.4, 0.5) is 5.95 Å². The van der Waals surface area contributed by atoms with Gasteiger partial charge in [-0.2, -0.15) is 0 Å². The Morgan fingerprint density at radius 2 is 1.91 bits per heavy atom. The number of benzene rings is 2. The summed E-state index contributed by atoms with van der Waals surface area (Å²) in [7, 11) is 1.28. The lowest BCUT2D eigenvalue weighted by Crippen LogP contribution is -2.34. The fourth-order valence-electron chi connectivity index (χ4n) is 3.30. The quantitative estimate of drug-likeness (QED) is 0.359. The van der Waals surface area contributed by atoms with Gasteiger partial charge in [0.1, 0.15) is 0 Å². The zero-order chi connectivity index (χ0) is 23.5. The Kier molecular flexibility index (Phi) is 6.47. The Bertz CT molecular complexity index is 1400. The van der Waals surface area contributed by atoms with Gasteiger partial charge in [-0.1, -0.05) is 48.2 Å². The summed E-state index contributed by atoms with van der Waals surface area (Å²) in [5.41, 5.74) is 7.38. The second-order valence-electron chi connectivity index (χ2n) is 7.12. The number of anilines is 1. The number of ether oxygens (including phenoxy) is 1. The van der Waals surface area contributed by atoms with Crippen molar-refractivity contribution in [2.45, 2.75) is 22.1 Å². The molecule has 4 rings (SSSR count). The second-order valence-corrected chi connectivity index (χ2v) is 9.51. The van der Waals surface area contributed by atoms with E-state index in [0.717, 1.165) is 14.7 Å². The van der Waals surface area contributed by atoms with Crippen LogP contribution >= 0.6 is 23.1 Å². The molecule has 10 heteroatoms. The van der Waals surface area contributed by atoms with Crippen LogP contribution in [0.1, 0.15) is 26.8 Å². The lowest BCUT2D eigenvalue weighted by atomic mass is 10.1. The van der Waals surface area contributed by atoms with Crippen molar-refractivity contribution in [1.82, 2.24) is 15.3 Å². The van der Waals surface area contributed by atoms with Crippen LogP contribution in [0, 0.1) is 6.92 Å². The highest BCUT2D eigenvalue weighted by Crippen LogP contribution is 2.38. The van der Waals surface area contributed by atoms with Crippen LogP contribution in [-0.4, -0.2) is 29.0 Å². The third kappa shape index (κ3) is 4.76. The molecule has 0 spiro atoms. The van der Waals surface area contributed by atoms with Crippen LogP contribution in [-0.2, 0) is 9.53 Å². The van der Waals surface area contributed by atoms with E-state index < -0.39 is 17.9 Å². The van der Waals surface area contributed by atoms with E-state index in [9.17, 15) is 14.4 Å². The molecule has 1 atom stereocenters. The fourth-order valence-corrected chi connectivity index (χ4v) is 5.49. The molecule has 33 heavy (non-hydrogen) atoms. The average molecular weight is 481 g/mol. The Balaban J connectivity index is 1.60. The largest absolute Gasteiger partial charge is 0.467 e. The molecular formula is C23H20N4O4S2. The number of rotatable bonds is 6. The van der Waals surface area contributed by atoms with Crippen molar-refractivity contribution < 1.29 is 14.3 Å². The number of nitrogen functional groups attached to an aromatic ring is 1. The van der Waals surface area contributed by atoms with Crippen LogP contribution in [0.15, 0.2) is 68.5 Å². The third-order valence-corrected chi connectivity index (χ3v) is 7.34. The van der Waals surface area contributed by atoms with Crippen molar-refractivity contribution in [2.24, 2.45) is 0 Å². The lowest BCUT2D eigenvalue weighted by molar-refractivity contribution is -0.143. The average Bonchev–Trinajstić information content (AvgIpc) is 3.28. The number of carbonyl (C=O) groups is 2. The van der Waals surface area contributed by atoms with E-state index in [4.69, 9.17) is 10.5 Å². The molecule has 4 aromatic rings. The predicted molar refractivity (Wildman–Crippen MR) is 129 cm³/mol. The number of fused-ring (bicyclic) bond motifs is 1. The number of nitrogens with zero attached hydrogens (tertiary/aromatic N) is 1. The summed E-state index contributed by atoms with van der Waals surface area (Å²) in [6, 6.07) is 15.1. The number of amides is 1. The first-order chi connectivity index (χ1) is 15.9. The first kappa shape index (κ1) is 22.6. The number of hydrogen-bond acceptors (Lipinski definition) is 8. The standard InChI is InChI=1S/C23H20N4O4S2/c1-12-8-9-14-17(21(29)27-23(24)25-14)19(12)33-16-11-10-15(32-16)20(28)26-18(22(30)31-2)13-6-4-3-5-7-13/h3-11,18H,1-2H3,(H,26,28)(H3,24,25,27,29)/t18-/m0/s1. The van der Waals surface area contributed by atoms with Gasteiger partial charge in [-0.05, 0) is 36.2 Å². The summed E-state index contributed by atoms with van der Waals surface area (Å²) < 4.78 is 5.67. The van der Waals surface area contributed by atoms with Crippen molar-refractivity contribution >= 4 is 51.8 Å². The minimum Gasteiger partial charge on any atom is -0.467 e. The Morgan fingerprint density at radius 3 is 2.64 bits per heavy atom. The van der Waals surface area contributed by atoms with Gasteiger partial charge in [-0.25, -0.2) is 9.78 Å². The van der Waals surface area contributed by atoms with Gasteiger partial charge >= 0.3 is 5.97 Å². The van der Waals surface area contributed by atoms with E-state index in [-0.39, 0.29) is 11.5 Å². The molecule has 0 radical (unpaired) electrons. The molecule has 168 valence electrons. The van der Waals surface area contributed by atoms with Crippen molar-refractivity contribution in [3.05, 3.63) is 81.0 Å². The SMILES string of the molecule is COC(=O)[C@@H](NC(=O)c1ccc(Sc2c(C)ccc3nc(N)[nH]c(=O)c23)s1)c1ccccc1. The Labute approximate surface area is 197 Å². The number of aryl methyl sites for hydroxylation is 1. The van der Waals surface area contributed by atoms with Crippen LogP contribution in [0.5, 0.6) is 0 Å². The fraction of sp³-hybridized carbons (Fsp3) is 0.130. The summed E-state index contributed by atoms with van der Waals surface area (Å²) in [6.07, 6.45) is 0. The number of nitrogens with one attached hydrogen (secondary N) is 2. The van der Waals surface area contributed by atoms with Crippen LogP contribution < -0.4 is 16.6 Å². The van der Waals surface area contributed by atoms with E-state index in [1.54, 1.807) is 42.5 Å². The summed E-state index contributed by atoms with van der Waals surface area (Å²) in [4.78, 5) is 45.6. The van der Waals surface area contributed by atoms with Gasteiger partial charge in [0.25, 0.3) is 11.5 Å². The number of esters is 1. The minimum atomic E-state index is -0.919. The van der Waals surface area contributed by atoms with Crippen LogP contribution in [0.25, 0.3) is 10.9 Å². The maximum atomic E-state index is 12.9. The second kappa shape index (κ2) is 9.47. The molecule has 8 nitrogen and oxygen atoms in total. The van der Waals surface area contributed by atoms with Gasteiger partial charge in [0, 0.05) is 4.90 Å². The minimum absolute atomic E-state index is 0.0564. The molecule has 0 unspecified atom stereocenters. The Morgan fingerprint density at radius 1 is 1.15 bits per heavy atom. The summed E-state index contributed by atoms with van der Waals surface area (Å²) in [5.74, 6) is -0.896. The van der Waals surface area contributed by atoms with Gasteiger partial charge in [0.15, 0.2) is 6.04 Å². The molecule has 0 bridgehead atoms. The van der Waals surface area contributed by atoms with Crippen molar-refractivity contribution in [2.75, 3.05) is 12.8 Å². The molecule has 0 aliphatic rings. The maximum Gasteiger partial charge on any atom is 0.333 e. The van der Waals surface area contributed by atoms with Crippen molar-refractivity contribution in [3.8, 4) is 0 Å². The van der Waals surface area contributed by atoms with Gasteiger partial charge in [-0.15, -0.1) is 11.3 Å². The monoisotopic (exact) mass is 480 g/mol. The zero-order valence-corrected chi connectivity index (χ0v) is 19.4. The molecular weight excluding hydrogens is 460 g/mol. The summed E-state index contributed by atoms with van der Waals surface area (Å²) >= 11 is 2.63. The van der Waals surface area contributed by atoms with E-state index in [1.165, 1.54) is 30.2 Å².